The van der Waals surface area contributed by atoms with E-state index in [4.69, 9.17) is 34.8 Å². The van der Waals surface area contributed by atoms with Gasteiger partial charge < -0.3 is 10.6 Å². The van der Waals surface area contributed by atoms with Gasteiger partial charge in [0, 0.05) is 62.8 Å². The number of nitrogens with one attached hydrogen (secondary N) is 2. The molecule has 4 nitrogen and oxygen atoms in total. The minimum Gasteiger partial charge on any atom is -0.336 e. The smallest absolute Gasteiger partial charge is 0.325 e. The lowest BCUT2D eigenvalue weighted by molar-refractivity contribution is -0.0132. The van der Waals surface area contributed by atoms with Crippen LogP contribution in [0.3, 0.4) is 0 Å². The van der Waals surface area contributed by atoms with Gasteiger partial charge in [-0.05, 0) is 92.5 Å². The quantitative estimate of drug-likeness (QED) is 0.302. The number of halogens is 3. The summed E-state index contributed by atoms with van der Waals surface area (Å²) in [6.07, 6.45) is 8.90. The lowest BCUT2D eigenvalue weighted by atomic mass is 9.54. The summed E-state index contributed by atoms with van der Waals surface area (Å²) in [5.74, 6) is 3.59. The van der Waals surface area contributed by atoms with Crippen LogP contribution in [0.1, 0.15) is 37.8 Å². The van der Waals surface area contributed by atoms with Crippen LogP contribution < -0.4 is 10.6 Å². The maximum absolute atomic E-state index is 13.3. The third kappa shape index (κ3) is 4.94. The van der Waals surface area contributed by atoms with Crippen molar-refractivity contribution in [1.82, 2.24) is 15.2 Å². The molecule has 4 saturated carbocycles. The molecule has 0 aliphatic heterocycles. The molecule has 37 heavy (non-hydrogen) atoms. The molecule has 2 aromatic carbocycles. The van der Waals surface area contributed by atoms with E-state index in [1.54, 1.807) is 10.6 Å². The first kappa shape index (κ1) is 25.3. The molecule has 0 unspecified atom stereocenters. The molecule has 0 saturated heterocycles. The molecule has 4 bridgehead atoms. The summed E-state index contributed by atoms with van der Waals surface area (Å²) in [6, 6.07) is 13.6. The highest BCUT2D eigenvalue weighted by Gasteiger charge is 2.47. The molecule has 1 aromatic heterocycles. The van der Waals surface area contributed by atoms with Crippen molar-refractivity contribution in [2.24, 2.45) is 23.7 Å². The standard InChI is InChI=1S/C30H32Cl3N3O/c1-17-28(20-2-4-23(31)5-3-20)26(25-7-6-24(32)15-27(25)33)16-36(17)30(37)35-9-8-34-29-21-11-18-10-19(13-21)14-22(29)12-18/h2-7,15-16,18-19,21-22,29,34H,8-14H2,1H3,(H,35,37). The van der Waals surface area contributed by atoms with Crippen molar-refractivity contribution in [2.75, 3.05) is 13.1 Å². The molecule has 4 aliphatic rings. The second-order valence-electron chi connectivity index (χ2n) is 11.1. The Morgan fingerprint density at radius 3 is 2.16 bits per heavy atom. The molecular weight excluding hydrogens is 525 g/mol. The third-order valence-electron chi connectivity index (χ3n) is 8.83. The lowest BCUT2D eigenvalue weighted by Gasteiger charge is -2.54. The van der Waals surface area contributed by atoms with Gasteiger partial charge in [-0.15, -0.1) is 0 Å². The summed E-state index contributed by atoms with van der Waals surface area (Å²) in [7, 11) is 0. The Bertz CT molecular complexity index is 1290. The lowest BCUT2D eigenvalue weighted by Crippen LogP contribution is -2.55. The van der Waals surface area contributed by atoms with E-state index in [0.29, 0.717) is 27.7 Å². The number of benzene rings is 2. The van der Waals surface area contributed by atoms with E-state index in [1.165, 1.54) is 32.1 Å². The third-order valence-corrected chi connectivity index (χ3v) is 9.63. The number of carbonyl (C=O) groups is 1. The fourth-order valence-corrected chi connectivity index (χ4v) is 8.10. The molecule has 3 aromatic rings. The minimum atomic E-state index is -0.143. The van der Waals surface area contributed by atoms with Gasteiger partial charge in [0.25, 0.3) is 0 Å². The van der Waals surface area contributed by atoms with E-state index in [0.717, 1.165) is 58.2 Å². The Morgan fingerprint density at radius 1 is 0.865 bits per heavy atom. The van der Waals surface area contributed by atoms with Crippen LogP contribution in [0.25, 0.3) is 22.3 Å². The number of hydrogen-bond acceptors (Lipinski definition) is 2. The van der Waals surface area contributed by atoms with E-state index >= 15 is 0 Å². The summed E-state index contributed by atoms with van der Waals surface area (Å²) >= 11 is 18.9. The van der Waals surface area contributed by atoms with E-state index in [2.05, 4.69) is 10.6 Å². The number of amides is 1. The fourth-order valence-electron chi connectivity index (χ4n) is 7.46. The molecule has 0 atom stereocenters. The molecule has 194 valence electrons. The van der Waals surface area contributed by atoms with Gasteiger partial charge in [0.2, 0.25) is 0 Å². The average molecular weight is 557 g/mol. The molecule has 7 rings (SSSR count). The predicted octanol–water partition coefficient (Wildman–Crippen LogP) is 8.06. The molecule has 0 spiro atoms. The monoisotopic (exact) mass is 555 g/mol. The number of carbonyl (C=O) groups excluding carboxylic acids is 1. The highest BCUT2D eigenvalue weighted by atomic mass is 35.5. The van der Waals surface area contributed by atoms with Crippen molar-refractivity contribution in [3.8, 4) is 22.3 Å². The van der Waals surface area contributed by atoms with Crippen molar-refractivity contribution >= 4 is 40.8 Å². The van der Waals surface area contributed by atoms with Crippen molar-refractivity contribution in [3.63, 3.8) is 0 Å². The van der Waals surface area contributed by atoms with Gasteiger partial charge in [0.15, 0.2) is 0 Å². The largest absolute Gasteiger partial charge is 0.336 e. The molecule has 1 amide bonds. The zero-order valence-electron chi connectivity index (χ0n) is 20.9. The summed E-state index contributed by atoms with van der Waals surface area (Å²) in [5, 5.41) is 8.71. The fraction of sp³-hybridized carbons (Fsp3) is 0.433. The summed E-state index contributed by atoms with van der Waals surface area (Å²) in [5.41, 5.74) is 4.47. The Labute approximate surface area is 233 Å². The van der Waals surface area contributed by atoms with Crippen LogP contribution in [0, 0.1) is 30.6 Å². The van der Waals surface area contributed by atoms with Crippen LogP contribution in [0.15, 0.2) is 48.7 Å². The van der Waals surface area contributed by atoms with E-state index in [-0.39, 0.29) is 6.03 Å². The Hall–Kier alpha value is -1.98. The van der Waals surface area contributed by atoms with Gasteiger partial charge >= 0.3 is 6.03 Å². The molecule has 0 radical (unpaired) electrons. The maximum Gasteiger partial charge on any atom is 0.325 e. The Morgan fingerprint density at radius 2 is 1.51 bits per heavy atom. The van der Waals surface area contributed by atoms with Crippen LogP contribution in [0.4, 0.5) is 4.79 Å². The highest BCUT2D eigenvalue weighted by Crippen LogP contribution is 2.53. The van der Waals surface area contributed by atoms with E-state index < -0.39 is 0 Å². The van der Waals surface area contributed by atoms with Crippen LogP contribution in [-0.2, 0) is 0 Å². The first-order valence-electron chi connectivity index (χ1n) is 13.3. The van der Waals surface area contributed by atoms with Crippen molar-refractivity contribution in [3.05, 3.63) is 69.4 Å². The minimum absolute atomic E-state index is 0.143. The number of aromatic nitrogens is 1. The van der Waals surface area contributed by atoms with Crippen LogP contribution >= 0.6 is 34.8 Å². The zero-order valence-corrected chi connectivity index (χ0v) is 23.2. The average Bonchev–Trinajstić information content (AvgIpc) is 3.20. The second-order valence-corrected chi connectivity index (χ2v) is 12.4. The van der Waals surface area contributed by atoms with E-state index in [1.807, 2.05) is 49.5 Å². The van der Waals surface area contributed by atoms with Gasteiger partial charge in [-0.3, -0.25) is 4.57 Å². The summed E-state index contributed by atoms with van der Waals surface area (Å²) < 4.78 is 1.69. The molecule has 7 heteroatoms. The second kappa shape index (κ2) is 10.3. The van der Waals surface area contributed by atoms with Crippen LogP contribution in [0.2, 0.25) is 15.1 Å². The van der Waals surface area contributed by atoms with Gasteiger partial charge in [0.1, 0.15) is 0 Å². The molecule has 4 aliphatic carbocycles. The first-order valence-corrected chi connectivity index (χ1v) is 14.5. The summed E-state index contributed by atoms with van der Waals surface area (Å²) in [6.45, 7) is 3.34. The van der Waals surface area contributed by atoms with Crippen molar-refractivity contribution in [2.45, 2.75) is 45.1 Å². The van der Waals surface area contributed by atoms with Crippen LogP contribution in [-0.4, -0.2) is 29.7 Å². The number of rotatable bonds is 6. The molecule has 2 N–H and O–H groups in total. The molecule has 1 heterocycles. The highest BCUT2D eigenvalue weighted by molar-refractivity contribution is 6.36. The SMILES string of the molecule is Cc1c(-c2ccc(Cl)cc2)c(-c2ccc(Cl)cc2Cl)cn1C(=O)NCCNC1C2CC3CC(C2)CC1C3. The van der Waals surface area contributed by atoms with Crippen molar-refractivity contribution in [1.29, 1.82) is 0 Å². The van der Waals surface area contributed by atoms with Crippen LogP contribution in [0.5, 0.6) is 0 Å². The number of hydrogen-bond donors (Lipinski definition) is 2. The van der Waals surface area contributed by atoms with Gasteiger partial charge in [-0.1, -0.05) is 53.0 Å². The van der Waals surface area contributed by atoms with Gasteiger partial charge in [-0.25, -0.2) is 4.79 Å². The zero-order chi connectivity index (χ0) is 25.7. The Kier molecular flexibility index (Phi) is 7.04. The number of nitrogens with zero attached hydrogens (tertiary/aromatic N) is 1. The molecule has 4 fully saturated rings. The normalized spacial score (nSPS) is 26.0. The maximum atomic E-state index is 13.3. The van der Waals surface area contributed by atoms with Gasteiger partial charge in [-0.2, -0.15) is 0 Å². The summed E-state index contributed by atoms with van der Waals surface area (Å²) in [4.78, 5) is 13.3. The first-order chi connectivity index (χ1) is 17.9. The topological polar surface area (TPSA) is 46.1 Å². The Balaban J connectivity index is 1.19. The van der Waals surface area contributed by atoms with Gasteiger partial charge in [0.05, 0.1) is 0 Å². The van der Waals surface area contributed by atoms with E-state index in [9.17, 15) is 4.79 Å². The van der Waals surface area contributed by atoms with Crippen molar-refractivity contribution < 1.29 is 4.79 Å². The predicted molar refractivity (Wildman–Crippen MR) is 153 cm³/mol. The molecular formula is C30H32Cl3N3O.